The highest BCUT2D eigenvalue weighted by Crippen LogP contribution is 2.41. The van der Waals surface area contributed by atoms with Crippen LogP contribution in [0.1, 0.15) is 24.0 Å². The van der Waals surface area contributed by atoms with Crippen molar-refractivity contribution in [3.8, 4) is 23.0 Å². The summed E-state index contributed by atoms with van der Waals surface area (Å²) in [6.45, 7) is 0. The molecule has 0 radical (unpaired) electrons. The number of hydrogen-bond donors (Lipinski definition) is 0. The van der Waals surface area contributed by atoms with Gasteiger partial charge in [0.05, 0.1) is 27.1 Å². The third kappa shape index (κ3) is 4.61. The molecule has 4 bridgehead atoms. The van der Waals surface area contributed by atoms with Crippen LogP contribution in [0.5, 0.6) is 23.0 Å². The molecule has 5 nitrogen and oxygen atoms in total. The highest BCUT2D eigenvalue weighted by Gasteiger charge is 2.16. The summed E-state index contributed by atoms with van der Waals surface area (Å²) in [6.07, 6.45) is 4.02. The first-order chi connectivity index (χ1) is 13.1. The summed E-state index contributed by atoms with van der Waals surface area (Å²) in [7, 11) is 4.77. The van der Waals surface area contributed by atoms with Crippen molar-refractivity contribution in [3.05, 3.63) is 59.4 Å². The molecule has 27 heavy (non-hydrogen) atoms. The van der Waals surface area contributed by atoms with Gasteiger partial charge in [-0.15, -0.1) is 0 Å². The molecule has 2 heterocycles. The highest BCUT2D eigenvalue weighted by atomic mass is 16.5. The minimum absolute atomic E-state index is 0.0359. The predicted octanol–water partition coefficient (Wildman–Crippen LogP) is 4.47. The van der Waals surface area contributed by atoms with Crippen molar-refractivity contribution in [1.82, 2.24) is 0 Å². The monoisotopic (exact) mass is 368 g/mol. The van der Waals surface area contributed by atoms with Crippen LogP contribution < -0.4 is 14.2 Å². The van der Waals surface area contributed by atoms with Crippen LogP contribution in [0, 0.1) is 0 Å². The van der Waals surface area contributed by atoms with Crippen LogP contribution >= 0.6 is 0 Å². The Morgan fingerprint density at radius 1 is 0.815 bits per heavy atom. The summed E-state index contributed by atoms with van der Waals surface area (Å²) in [5.74, 6) is 3.12. The van der Waals surface area contributed by atoms with E-state index in [9.17, 15) is 4.79 Å². The molecule has 0 N–H and O–H groups in total. The third-order valence-corrected chi connectivity index (χ3v) is 4.56. The number of aryl methyl sites for hydroxylation is 2. The van der Waals surface area contributed by atoms with Crippen molar-refractivity contribution in [2.24, 2.45) is 0 Å². The lowest BCUT2D eigenvalue weighted by molar-refractivity contribution is -0.114. The second-order valence-corrected chi connectivity index (χ2v) is 6.36. The SMILES string of the molecule is COC1=CC(=O)CCc2cc(OC)c(OC)c(c2)Oc2ccc(cc2)CC1. The summed E-state index contributed by atoms with van der Waals surface area (Å²) in [5, 5.41) is 0. The zero-order valence-electron chi connectivity index (χ0n) is 15.9. The lowest BCUT2D eigenvalue weighted by Gasteiger charge is -2.15. The highest BCUT2D eigenvalue weighted by molar-refractivity contribution is 5.90. The third-order valence-electron chi connectivity index (χ3n) is 4.56. The topological polar surface area (TPSA) is 54.0 Å². The Bertz CT molecular complexity index is 837. The van der Waals surface area contributed by atoms with E-state index in [2.05, 4.69) is 0 Å². The summed E-state index contributed by atoms with van der Waals surface area (Å²) < 4.78 is 22.4. The maximum absolute atomic E-state index is 12.3. The molecule has 0 aliphatic carbocycles. The maximum atomic E-state index is 12.3. The molecule has 2 aliphatic heterocycles. The van der Waals surface area contributed by atoms with Gasteiger partial charge in [-0.1, -0.05) is 12.1 Å². The Morgan fingerprint density at radius 2 is 1.56 bits per heavy atom. The Labute approximate surface area is 159 Å². The number of ether oxygens (including phenoxy) is 4. The minimum atomic E-state index is 0.0359. The first-order valence-corrected chi connectivity index (χ1v) is 8.92. The molecule has 2 aromatic carbocycles. The van der Waals surface area contributed by atoms with Crippen LogP contribution in [0.4, 0.5) is 0 Å². The number of ketones is 1. The average Bonchev–Trinajstić information content (AvgIpc) is 2.70. The number of rotatable bonds is 3. The second kappa shape index (κ2) is 8.62. The van der Waals surface area contributed by atoms with Crippen LogP contribution in [0.25, 0.3) is 0 Å². The van der Waals surface area contributed by atoms with Crippen LogP contribution in [-0.2, 0) is 22.4 Å². The number of benzene rings is 2. The van der Waals surface area contributed by atoms with E-state index < -0.39 is 0 Å². The van der Waals surface area contributed by atoms with Gasteiger partial charge in [0.15, 0.2) is 17.3 Å². The van der Waals surface area contributed by atoms with Gasteiger partial charge >= 0.3 is 0 Å². The van der Waals surface area contributed by atoms with E-state index in [1.165, 1.54) is 0 Å². The summed E-state index contributed by atoms with van der Waals surface area (Å²) in [4.78, 5) is 12.3. The zero-order valence-corrected chi connectivity index (χ0v) is 15.9. The van der Waals surface area contributed by atoms with E-state index in [1.807, 2.05) is 36.4 Å². The number of carbonyl (C=O) groups excluding carboxylic acids is 1. The van der Waals surface area contributed by atoms with E-state index in [0.29, 0.717) is 48.0 Å². The van der Waals surface area contributed by atoms with Gasteiger partial charge < -0.3 is 18.9 Å². The lowest BCUT2D eigenvalue weighted by atomic mass is 10.0. The normalized spacial score (nSPS) is 14.5. The van der Waals surface area contributed by atoms with Crippen molar-refractivity contribution in [1.29, 1.82) is 0 Å². The van der Waals surface area contributed by atoms with Gasteiger partial charge in [0.1, 0.15) is 5.75 Å². The molecular weight excluding hydrogens is 344 g/mol. The van der Waals surface area contributed by atoms with Gasteiger partial charge in [-0.25, -0.2) is 0 Å². The molecule has 0 spiro atoms. The van der Waals surface area contributed by atoms with Gasteiger partial charge in [-0.2, -0.15) is 0 Å². The Kier molecular flexibility index (Phi) is 6.01. The molecule has 5 heteroatoms. The van der Waals surface area contributed by atoms with Crippen LogP contribution in [0.15, 0.2) is 48.2 Å². The van der Waals surface area contributed by atoms with Crippen molar-refractivity contribution in [2.45, 2.75) is 25.7 Å². The van der Waals surface area contributed by atoms with Crippen LogP contribution in [0.2, 0.25) is 0 Å². The van der Waals surface area contributed by atoms with Crippen LogP contribution in [0.3, 0.4) is 0 Å². The molecule has 2 aromatic rings. The van der Waals surface area contributed by atoms with Crippen molar-refractivity contribution in [3.63, 3.8) is 0 Å². The fraction of sp³-hybridized carbons (Fsp3) is 0.318. The molecule has 0 aromatic heterocycles. The number of fused-ring (bicyclic) bond motifs is 7. The smallest absolute Gasteiger partial charge is 0.203 e. The maximum Gasteiger partial charge on any atom is 0.203 e. The molecule has 0 fully saturated rings. The van der Waals surface area contributed by atoms with Crippen LogP contribution in [-0.4, -0.2) is 27.1 Å². The lowest BCUT2D eigenvalue weighted by Crippen LogP contribution is -2.01. The summed E-state index contributed by atoms with van der Waals surface area (Å²) in [5.41, 5.74) is 2.08. The molecule has 142 valence electrons. The molecule has 2 aliphatic rings. The van der Waals surface area contributed by atoms with E-state index in [0.717, 1.165) is 17.5 Å². The Morgan fingerprint density at radius 3 is 2.22 bits per heavy atom. The summed E-state index contributed by atoms with van der Waals surface area (Å²) >= 11 is 0. The number of carbonyl (C=O) groups is 1. The Hall–Kier alpha value is -2.95. The van der Waals surface area contributed by atoms with Gasteiger partial charge in [0.25, 0.3) is 0 Å². The fourth-order valence-corrected chi connectivity index (χ4v) is 3.08. The molecule has 0 saturated carbocycles. The van der Waals surface area contributed by atoms with E-state index in [1.54, 1.807) is 27.4 Å². The van der Waals surface area contributed by atoms with E-state index in [-0.39, 0.29) is 5.78 Å². The predicted molar refractivity (Wildman–Crippen MR) is 103 cm³/mol. The molecule has 0 unspecified atom stereocenters. The number of hydrogen-bond acceptors (Lipinski definition) is 5. The quantitative estimate of drug-likeness (QED) is 0.800. The molecule has 0 atom stereocenters. The second-order valence-electron chi connectivity index (χ2n) is 6.36. The van der Waals surface area contributed by atoms with Crippen molar-refractivity contribution >= 4 is 5.78 Å². The minimum Gasteiger partial charge on any atom is -0.501 e. The first-order valence-electron chi connectivity index (χ1n) is 8.92. The fourth-order valence-electron chi connectivity index (χ4n) is 3.08. The molecule has 0 saturated heterocycles. The molecule has 0 amide bonds. The van der Waals surface area contributed by atoms with Crippen molar-refractivity contribution in [2.75, 3.05) is 21.3 Å². The van der Waals surface area contributed by atoms with Crippen molar-refractivity contribution < 1.29 is 23.7 Å². The largest absolute Gasteiger partial charge is 0.501 e. The van der Waals surface area contributed by atoms with Gasteiger partial charge in [0.2, 0.25) is 5.75 Å². The van der Waals surface area contributed by atoms with E-state index in [4.69, 9.17) is 18.9 Å². The molecule has 4 rings (SSSR count). The Balaban J connectivity index is 2.03. The van der Waals surface area contributed by atoms with Gasteiger partial charge in [-0.3, -0.25) is 4.79 Å². The first kappa shape index (κ1) is 18.8. The standard InChI is InChI=1S/C22H24O5/c1-24-19-11-7-15-5-9-18(10-6-15)27-21-13-16(4-8-17(23)14-19)12-20(25-2)22(21)26-3/h5-6,9-10,12-14H,4,7-8,11H2,1-3H3. The average molecular weight is 368 g/mol. The number of allylic oxidation sites excluding steroid dienone is 2. The van der Waals surface area contributed by atoms with Gasteiger partial charge in [0, 0.05) is 18.9 Å². The zero-order chi connectivity index (χ0) is 19.2. The summed E-state index contributed by atoms with van der Waals surface area (Å²) in [6, 6.07) is 11.6. The van der Waals surface area contributed by atoms with Gasteiger partial charge in [-0.05, 0) is 48.2 Å². The van der Waals surface area contributed by atoms with E-state index >= 15 is 0 Å². The number of methoxy groups -OCH3 is 3. The molecular formula is C22H24O5.